The predicted octanol–water partition coefficient (Wildman–Crippen LogP) is 2.76. The summed E-state index contributed by atoms with van der Waals surface area (Å²) in [5.41, 5.74) is -2.09. The van der Waals surface area contributed by atoms with Crippen molar-refractivity contribution < 1.29 is 14.8 Å². The molecule has 2 aromatic rings. The second-order valence-corrected chi connectivity index (χ2v) is 5.48. The summed E-state index contributed by atoms with van der Waals surface area (Å²) in [7, 11) is 0. The minimum absolute atomic E-state index is 0.158. The lowest BCUT2D eigenvalue weighted by Crippen LogP contribution is -2.35. The maximum Gasteiger partial charge on any atom is 0.331 e. The van der Waals surface area contributed by atoms with Gasteiger partial charge in [-0.3, -0.25) is 24.5 Å². The van der Waals surface area contributed by atoms with Gasteiger partial charge in [-0.1, -0.05) is 13.3 Å². The molecule has 0 aliphatic heterocycles. The zero-order chi connectivity index (χ0) is 20.0. The van der Waals surface area contributed by atoms with Gasteiger partial charge in [-0.05, 0) is 19.4 Å². The number of nitro benzene ring substituents is 1. The number of benzene rings is 1. The summed E-state index contributed by atoms with van der Waals surface area (Å²) >= 11 is 0. The van der Waals surface area contributed by atoms with Gasteiger partial charge in [0.15, 0.2) is 0 Å². The number of non-ortho nitro benzene ring substituents is 1. The van der Waals surface area contributed by atoms with Crippen molar-refractivity contribution in [2.24, 2.45) is 10.2 Å². The van der Waals surface area contributed by atoms with Crippen LogP contribution < -0.4 is 16.0 Å². The van der Waals surface area contributed by atoms with E-state index in [0.717, 1.165) is 29.2 Å². The number of ether oxygens (including phenoxy) is 1. The number of nitro groups is 1. The molecule has 1 heterocycles. The van der Waals surface area contributed by atoms with E-state index in [2.05, 4.69) is 15.2 Å². The Morgan fingerprint density at radius 1 is 1.30 bits per heavy atom. The van der Waals surface area contributed by atoms with E-state index in [-0.39, 0.29) is 41.8 Å². The molecule has 0 aliphatic rings. The molecule has 11 nitrogen and oxygen atoms in total. The number of hydrogen-bond acceptors (Lipinski definition) is 8. The van der Waals surface area contributed by atoms with Crippen molar-refractivity contribution >= 4 is 17.1 Å². The highest BCUT2D eigenvalue weighted by Crippen LogP contribution is 2.32. The van der Waals surface area contributed by atoms with Crippen LogP contribution in [0.3, 0.4) is 0 Å². The van der Waals surface area contributed by atoms with Crippen LogP contribution in [-0.4, -0.2) is 26.2 Å². The predicted molar refractivity (Wildman–Crippen MR) is 96.3 cm³/mol. The van der Waals surface area contributed by atoms with E-state index in [1.807, 2.05) is 6.92 Å². The number of azo groups is 1. The largest absolute Gasteiger partial charge is 0.506 e. The number of unbranched alkanes of at least 4 members (excludes halogenated alkanes) is 1. The third-order valence-corrected chi connectivity index (χ3v) is 3.58. The molecule has 2 N–H and O–H groups in total. The van der Waals surface area contributed by atoms with Crippen molar-refractivity contribution in [1.82, 2.24) is 9.55 Å². The van der Waals surface area contributed by atoms with Gasteiger partial charge < -0.3 is 9.84 Å². The third kappa shape index (κ3) is 4.57. The van der Waals surface area contributed by atoms with Crippen LogP contribution in [0.2, 0.25) is 0 Å². The summed E-state index contributed by atoms with van der Waals surface area (Å²) in [5.74, 6) is -0.507. The quantitative estimate of drug-likeness (QED) is 0.410. The molecule has 0 amide bonds. The molecule has 0 radical (unpaired) electrons. The van der Waals surface area contributed by atoms with E-state index in [0.29, 0.717) is 6.42 Å². The molecule has 0 fully saturated rings. The van der Waals surface area contributed by atoms with Gasteiger partial charge in [-0.2, -0.15) is 0 Å². The fourth-order valence-corrected chi connectivity index (χ4v) is 2.21. The highest BCUT2D eigenvalue weighted by molar-refractivity contribution is 5.57. The molecule has 0 saturated heterocycles. The Morgan fingerprint density at radius 3 is 2.67 bits per heavy atom. The van der Waals surface area contributed by atoms with Crippen molar-refractivity contribution in [1.29, 1.82) is 0 Å². The number of nitrogens with one attached hydrogen (secondary N) is 1. The zero-order valence-electron chi connectivity index (χ0n) is 14.8. The fraction of sp³-hybridized carbons (Fsp3) is 0.375. The number of H-pyrrole nitrogens is 1. The summed E-state index contributed by atoms with van der Waals surface area (Å²) in [6.07, 6.45) is 1.39. The Labute approximate surface area is 153 Å². The first kappa shape index (κ1) is 19.8. The van der Waals surface area contributed by atoms with E-state index >= 15 is 0 Å². The van der Waals surface area contributed by atoms with Crippen LogP contribution in [0.25, 0.3) is 0 Å². The Morgan fingerprint density at radius 2 is 2.04 bits per heavy atom. The number of phenolic OH excluding ortho intramolecular Hbond substituents is 1. The van der Waals surface area contributed by atoms with Crippen LogP contribution in [0.15, 0.2) is 38.0 Å². The van der Waals surface area contributed by atoms with Gasteiger partial charge in [0.05, 0.1) is 11.5 Å². The van der Waals surface area contributed by atoms with Crippen LogP contribution in [0.5, 0.6) is 11.6 Å². The number of hydrogen-bond donors (Lipinski definition) is 2. The van der Waals surface area contributed by atoms with E-state index in [1.54, 1.807) is 6.92 Å². The number of aromatic hydroxyl groups is 1. The van der Waals surface area contributed by atoms with Gasteiger partial charge >= 0.3 is 5.69 Å². The number of rotatable bonds is 8. The van der Waals surface area contributed by atoms with Gasteiger partial charge in [0.2, 0.25) is 11.6 Å². The Kier molecular flexibility index (Phi) is 6.41. The van der Waals surface area contributed by atoms with Crippen LogP contribution in [0.1, 0.15) is 26.7 Å². The van der Waals surface area contributed by atoms with E-state index < -0.39 is 16.2 Å². The maximum atomic E-state index is 12.6. The molecule has 144 valence electrons. The summed E-state index contributed by atoms with van der Waals surface area (Å²) in [5, 5.41) is 28.2. The molecule has 11 heteroatoms. The third-order valence-electron chi connectivity index (χ3n) is 3.58. The Balaban J connectivity index is 2.55. The van der Waals surface area contributed by atoms with Crippen LogP contribution in [0, 0.1) is 10.1 Å². The molecular weight excluding hydrogens is 358 g/mol. The molecule has 0 bridgehead atoms. The molecule has 0 atom stereocenters. The first-order chi connectivity index (χ1) is 12.9. The smallest absolute Gasteiger partial charge is 0.331 e. The van der Waals surface area contributed by atoms with Gasteiger partial charge in [-0.15, -0.1) is 10.2 Å². The number of nitrogens with zero attached hydrogens (tertiary/aromatic N) is 4. The topological polar surface area (TPSA) is 152 Å². The van der Waals surface area contributed by atoms with Crippen molar-refractivity contribution in [3.63, 3.8) is 0 Å². The molecule has 1 aromatic heterocycles. The monoisotopic (exact) mass is 377 g/mol. The number of aromatic amines is 1. The van der Waals surface area contributed by atoms with Crippen molar-refractivity contribution in [2.45, 2.75) is 33.2 Å². The Bertz CT molecular complexity index is 978. The summed E-state index contributed by atoms with van der Waals surface area (Å²) in [4.78, 5) is 37.3. The van der Waals surface area contributed by atoms with Crippen LogP contribution >= 0.6 is 0 Å². The van der Waals surface area contributed by atoms with E-state index in [4.69, 9.17) is 4.74 Å². The SMILES string of the molecule is CCCCn1c(=O)[nH]c(OCC)c(N=Nc2cc([N+](=O)[O-])ccc2O)c1=O. The average Bonchev–Trinajstić information content (AvgIpc) is 2.62. The fourth-order valence-electron chi connectivity index (χ4n) is 2.21. The van der Waals surface area contributed by atoms with Crippen LogP contribution in [0.4, 0.5) is 17.1 Å². The summed E-state index contributed by atoms with van der Waals surface area (Å²) in [6.45, 7) is 3.94. The standard InChI is InChI=1S/C16H19N5O6/c1-3-5-8-20-15(23)13(14(27-4-2)17-16(20)24)19-18-11-9-10(21(25)26)6-7-12(11)22/h6-7,9,22H,3-5,8H2,1-2H3,(H,17,24). The molecule has 0 unspecified atom stereocenters. The first-order valence-corrected chi connectivity index (χ1v) is 8.28. The second kappa shape index (κ2) is 8.74. The lowest BCUT2D eigenvalue weighted by molar-refractivity contribution is -0.384. The van der Waals surface area contributed by atoms with E-state index in [9.17, 15) is 24.8 Å². The molecule has 0 spiro atoms. The number of aromatic nitrogens is 2. The van der Waals surface area contributed by atoms with Gasteiger partial charge in [0.25, 0.3) is 11.2 Å². The Hall–Kier alpha value is -3.50. The highest BCUT2D eigenvalue weighted by Gasteiger charge is 2.16. The van der Waals surface area contributed by atoms with Crippen molar-refractivity contribution in [3.05, 3.63) is 49.2 Å². The normalized spacial score (nSPS) is 11.0. The molecule has 27 heavy (non-hydrogen) atoms. The second-order valence-electron chi connectivity index (χ2n) is 5.48. The molecule has 1 aromatic carbocycles. The first-order valence-electron chi connectivity index (χ1n) is 8.28. The van der Waals surface area contributed by atoms with Crippen molar-refractivity contribution in [2.75, 3.05) is 6.61 Å². The number of phenols is 1. The summed E-state index contributed by atoms with van der Waals surface area (Å²) in [6, 6.07) is 3.22. The van der Waals surface area contributed by atoms with Gasteiger partial charge in [0.1, 0.15) is 11.4 Å². The lowest BCUT2D eigenvalue weighted by atomic mass is 10.2. The van der Waals surface area contributed by atoms with Gasteiger partial charge in [0, 0.05) is 18.7 Å². The average molecular weight is 377 g/mol. The summed E-state index contributed by atoms with van der Waals surface area (Å²) < 4.78 is 6.23. The van der Waals surface area contributed by atoms with Gasteiger partial charge in [-0.25, -0.2) is 4.79 Å². The maximum absolute atomic E-state index is 12.6. The molecule has 2 rings (SSSR count). The zero-order valence-corrected chi connectivity index (χ0v) is 14.8. The molecule has 0 aliphatic carbocycles. The van der Waals surface area contributed by atoms with E-state index in [1.165, 1.54) is 0 Å². The van der Waals surface area contributed by atoms with Crippen molar-refractivity contribution in [3.8, 4) is 11.6 Å². The minimum Gasteiger partial charge on any atom is -0.506 e. The lowest BCUT2D eigenvalue weighted by Gasteiger charge is -2.09. The molecule has 0 saturated carbocycles. The molecular formula is C16H19N5O6. The van der Waals surface area contributed by atoms with Crippen LogP contribution in [-0.2, 0) is 6.54 Å². The minimum atomic E-state index is -0.704. The highest BCUT2D eigenvalue weighted by atomic mass is 16.6.